The van der Waals surface area contributed by atoms with Gasteiger partial charge in [0.2, 0.25) is 0 Å². The normalized spacial score (nSPS) is 12.7. The Morgan fingerprint density at radius 1 is 0.842 bits per heavy atom. The highest BCUT2D eigenvalue weighted by Crippen LogP contribution is 2.71. The lowest BCUT2D eigenvalue weighted by molar-refractivity contribution is 0.219. The van der Waals surface area contributed by atoms with Crippen LogP contribution in [0.4, 0.5) is 0 Å². The van der Waals surface area contributed by atoms with E-state index in [2.05, 4.69) is 4.52 Å². The molecule has 0 saturated heterocycles. The molecule has 9 heteroatoms. The molecule has 0 aromatic rings. The highest BCUT2D eigenvalue weighted by atomic mass is 32.7. The van der Waals surface area contributed by atoms with E-state index in [9.17, 15) is 4.57 Å². The summed E-state index contributed by atoms with van der Waals surface area (Å²) >= 11 is 1.42. The molecule has 0 amide bonds. The lowest BCUT2D eigenvalue weighted by atomic mass is 10.9. The van der Waals surface area contributed by atoms with E-state index in [0.29, 0.717) is 13.2 Å². The van der Waals surface area contributed by atoms with Crippen molar-refractivity contribution in [2.24, 2.45) is 4.52 Å². The van der Waals surface area contributed by atoms with Gasteiger partial charge in [-0.3, -0.25) is 9.05 Å². The van der Waals surface area contributed by atoms with Gasteiger partial charge in [-0.25, -0.2) is 4.57 Å². The van der Waals surface area contributed by atoms with Crippen LogP contribution in [0.5, 0.6) is 0 Å². The SMILES string of the molecule is CCOP(=O)(N=P(OCC)(OCC)SCC)OCC. The maximum atomic E-state index is 12.5. The van der Waals surface area contributed by atoms with Crippen molar-refractivity contribution in [1.82, 2.24) is 0 Å². The van der Waals surface area contributed by atoms with Crippen LogP contribution < -0.4 is 0 Å². The van der Waals surface area contributed by atoms with Gasteiger partial charge < -0.3 is 9.05 Å². The summed E-state index contributed by atoms with van der Waals surface area (Å²) in [7, 11) is -3.53. The van der Waals surface area contributed by atoms with Crippen LogP contribution in [0.2, 0.25) is 0 Å². The molecule has 0 N–H and O–H groups in total. The lowest BCUT2D eigenvalue weighted by Crippen LogP contribution is -1.97. The third kappa shape index (κ3) is 7.28. The summed E-state index contributed by atoms with van der Waals surface area (Å²) in [4.78, 5) is 0. The number of hydrogen-bond acceptors (Lipinski definition) is 6. The maximum absolute atomic E-state index is 12.5. The second-order valence-electron chi connectivity index (χ2n) is 3.12. The summed E-state index contributed by atoms with van der Waals surface area (Å²) in [6, 6.07) is 0. The molecule has 0 aliphatic rings. The van der Waals surface area contributed by atoms with Crippen LogP contribution in [0.3, 0.4) is 0 Å². The lowest BCUT2D eigenvalue weighted by Gasteiger charge is -2.24. The minimum absolute atomic E-state index is 0.260. The maximum Gasteiger partial charge on any atom is 0.457 e. The van der Waals surface area contributed by atoms with Crippen LogP contribution in [0.15, 0.2) is 4.52 Å². The van der Waals surface area contributed by atoms with Gasteiger partial charge in [0.25, 0.3) is 6.71 Å². The molecule has 19 heavy (non-hydrogen) atoms. The fourth-order valence-corrected chi connectivity index (χ4v) is 8.59. The van der Waals surface area contributed by atoms with Gasteiger partial charge >= 0.3 is 7.75 Å². The van der Waals surface area contributed by atoms with E-state index >= 15 is 0 Å². The van der Waals surface area contributed by atoms with Crippen molar-refractivity contribution < 1.29 is 22.7 Å². The molecule has 0 unspecified atom stereocenters. The Morgan fingerprint density at radius 2 is 1.26 bits per heavy atom. The van der Waals surface area contributed by atoms with Gasteiger partial charge in [-0.15, -0.1) is 4.52 Å². The first-order valence-corrected chi connectivity index (χ1v) is 11.1. The average molecular weight is 333 g/mol. The summed E-state index contributed by atoms with van der Waals surface area (Å²) in [5.74, 6) is 0.746. The standard InChI is InChI=1S/C10H25NO5P2S/c1-6-13-17(12,14-7-2)11-18(15-8-3,16-9-4)19-10-5/h6-10H2,1-5H3. The molecule has 0 bridgehead atoms. The van der Waals surface area contributed by atoms with Crippen molar-refractivity contribution in [1.29, 1.82) is 0 Å². The van der Waals surface area contributed by atoms with Crippen LogP contribution in [0.25, 0.3) is 0 Å². The highest BCUT2D eigenvalue weighted by molar-refractivity contribution is 8.56. The first kappa shape index (κ1) is 19.7. The van der Waals surface area contributed by atoms with Crippen molar-refractivity contribution in [3.05, 3.63) is 0 Å². The van der Waals surface area contributed by atoms with Crippen molar-refractivity contribution in [3.8, 4) is 0 Å². The Bertz CT molecular complexity index is 306. The molecule has 0 aromatic carbocycles. The monoisotopic (exact) mass is 333 g/mol. The largest absolute Gasteiger partial charge is 0.457 e. The van der Waals surface area contributed by atoms with Gasteiger partial charge in [0.15, 0.2) is 0 Å². The molecule has 0 spiro atoms. The predicted molar refractivity (Wildman–Crippen MR) is 81.6 cm³/mol. The first-order chi connectivity index (χ1) is 9.01. The van der Waals surface area contributed by atoms with Crippen molar-refractivity contribution in [2.45, 2.75) is 34.6 Å². The van der Waals surface area contributed by atoms with Gasteiger partial charge in [0.05, 0.1) is 26.4 Å². The van der Waals surface area contributed by atoms with Gasteiger partial charge in [0, 0.05) is 5.75 Å². The molecular formula is C10H25NO5P2S. The van der Waals surface area contributed by atoms with Crippen molar-refractivity contribution in [2.75, 3.05) is 32.2 Å². The molecule has 0 saturated carbocycles. The fraction of sp³-hybridized carbons (Fsp3) is 1.00. The van der Waals surface area contributed by atoms with E-state index in [-0.39, 0.29) is 13.2 Å². The molecular weight excluding hydrogens is 308 g/mol. The van der Waals surface area contributed by atoms with Gasteiger partial charge in [-0.05, 0) is 27.7 Å². The predicted octanol–water partition coefficient (Wildman–Crippen LogP) is 4.94. The van der Waals surface area contributed by atoms with Crippen molar-refractivity contribution in [3.63, 3.8) is 0 Å². The molecule has 116 valence electrons. The van der Waals surface area contributed by atoms with Crippen LogP contribution in [0, 0.1) is 0 Å². The zero-order valence-corrected chi connectivity index (χ0v) is 14.9. The summed E-state index contributed by atoms with van der Waals surface area (Å²) < 4.78 is 38.4. The van der Waals surface area contributed by atoms with Crippen LogP contribution in [0.1, 0.15) is 34.6 Å². The van der Waals surface area contributed by atoms with Gasteiger partial charge in [-0.1, -0.05) is 18.3 Å². The third-order valence-electron chi connectivity index (χ3n) is 1.68. The van der Waals surface area contributed by atoms with E-state index < -0.39 is 14.5 Å². The Hall–Kier alpha value is 0.650. The molecule has 0 atom stereocenters. The molecule has 0 aliphatic heterocycles. The highest BCUT2D eigenvalue weighted by Gasteiger charge is 2.32. The van der Waals surface area contributed by atoms with Gasteiger partial charge in [0.1, 0.15) is 0 Å². The molecule has 0 heterocycles. The molecule has 0 aromatic heterocycles. The van der Waals surface area contributed by atoms with E-state index in [0.717, 1.165) is 5.75 Å². The molecule has 6 nitrogen and oxygen atoms in total. The Labute approximate surface area is 120 Å². The Balaban J connectivity index is 5.47. The van der Waals surface area contributed by atoms with E-state index in [4.69, 9.17) is 18.1 Å². The molecule has 0 fully saturated rings. The first-order valence-electron chi connectivity index (χ1n) is 6.47. The number of rotatable bonds is 11. The Morgan fingerprint density at radius 3 is 1.58 bits per heavy atom. The zero-order valence-electron chi connectivity index (χ0n) is 12.3. The van der Waals surface area contributed by atoms with E-state index in [1.54, 1.807) is 13.8 Å². The van der Waals surface area contributed by atoms with Crippen LogP contribution in [-0.2, 0) is 22.7 Å². The zero-order chi connectivity index (χ0) is 14.8. The molecule has 0 rings (SSSR count). The average Bonchev–Trinajstić information content (AvgIpc) is 2.30. The van der Waals surface area contributed by atoms with Gasteiger partial charge in [-0.2, -0.15) is 0 Å². The van der Waals surface area contributed by atoms with E-state index in [1.807, 2.05) is 20.8 Å². The second kappa shape index (κ2) is 10.4. The quantitative estimate of drug-likeness (QED) is 0.499. The minimum Gasteiger partial charge on any atom is -0.316 e. The van der Waals surface area contributed by atoms with Crippen molar-refractivity contribution >= 4 is 25.8 Å². The second-order valence-corrected chi connectivity index (χ2v) is 9.73. The Kier molecular flexibility index (Phi) is 10.7. The summed E-state index contributed by atoms with van der Waals surface area (Å²) in [5.41, 5.74) is 0. The minimum atomic E-state index is -3.53. The fourth-order valence-electron chi connectivity index (χ4n) is 1.23. The summed E-state index contributed by atoms with van der Waals surface area (Å²) in [6.07, 6.45) is 0. The molecule has 0 aliphatic carbocycles. The number of hydrogen-bond donors (Lipinski definition) is 0. The smallest absolute Gasteiger partial charge is 0.316 e. The topological polar surface area (TPSA) is 66.4 Å². The van der Waals surface area contributed by atoms with Crippen LogP contribution in [-0.4, -0.2) is 32.2 Å². The molecule has 0 radical (unpaired) electrons. The number of nitrogens with zero attached hydrogens (tertiary/aromatic N) is 1. The van der Waals surface area contributed by atoms with E-state index in [1.165, 1.54) is 11.4 Å². The summed E-state index contributed by atoms with van der Waals surface area (Å²) in [5, 5.41) is 0. The third-order valence-corrected chi connectivity index (χ3v) is 9.40. The van der Waals surface area contributed by atoms with Crippen LogP contribution >= 0.6 is 25.8 Å². The summed E-state index contributed by atoms with van der Waals surface area (Å²) in [6.45, 7) is 7.91.